The number of carboxylic acid groups (broad SMARTS) is 1. The van der Waals surface area contributed by atoms with E-state index in [-0.39, 0.29) is 0 Å². The number of hydrogen-bond acceptors (Lipinski definition) is 5. The number of carboxylic acids is 1. The minimum atomic E-state index is -0.898. The molecule has 6 heteroatoms. The third-order valence-corrected chi connectivity index (χ3v) is 4.41. The Morgan fingerprint density at radius 3 is 2.78 bits per heavy atom. The molecule has 100 valence electrons. The second kappa shape index (κ2) is 5.67. The van der Waals surface area contributed by atoms with Gasteiger partial charge < -0.3 is 10.4 Å². The summed E-state index contributed by atoms with van der Waals surface area (Å²) in [5, 5.41) is 12.9. The first-order valence-electron chi connectivity index (χ1n) is 6.26. The van der Waals surface area contributed by atoms with E-state index in [2.05, 4.69) is 22.1 Å². The topological polar surface area (TPSA) is 65.5 Å². The van der Waals surface area contributed by atoms with Crippen LogP contribution in [0, 0.1) is 6.92 Å². The SMILES string of the molecule is Cc1nc(NCC(C)N2CCCC2)sc1C(=O)O. The molecular weight excluding hydrogens is 250 g/mol. The van der Waals surface area contributed by atoms with E-state index in [0.29, 0.717) is 21.7 Å². The molecule has 2 N–H and O–H groups in total. The van der Waals surface area contributed by atoms with Crippen molar-refractivity contribution in [1.82, 2.24) is 9.88 Å². The average Bonchev–Trinajstić information content (AvgIpc) is 2.94. The highest BCUT2D eigenvalue weighted by Gasteiger charge is 2.19. The first-order valence-corrected chi connectivity index (χ1v) is 7.08. The standard InChI is InChI=1S/C12H19N3O2S/c1-8(15-5-3-4-6-15)7-13-12-14-9(2)10(18-12)11(16)17/h8H,3-7H2,1-2H3,(H,13,14)(H,16,17). The first-order chi connectivity index (χ1) is 8.58. The molecule has 1 saturated heterocycles. The van der Waals surface area contributed by atoms with Crippen molar-refractivity contribution in [1.29, 1.82) is 0 Å². The number of nitrogens with zero attached hydrogens (tertiary/aromatic N) is 2. The lowest BCUT2D eigenvalue weighted by atomic mass is 10.3. The Balaban J connectivity index is 1.89. The van der Waals surface area contributed by atoms with E-state index in [0.717, 1.165) is 6.54 Å². The first kappa shape index (κ1) is 13.3. The average molecular weight is 269 g/mol. The molecule has 0 spiro atoms. The summed E-state index contributed by atoms with van der Waals surface area (Å²) in [6, 6.07) is 0.463. The lowest BCUT2D eigenvalue weighted by molar-refractivity contribution is 0.0701. The highest BCUT2D eigenvalue weighted by atomic mass is 32.1. The van der Waals surface area contributed by atoms with E-state index in [1.165, 1.54) is 37.3 Å². The Morgan fingerprint density at radius 1 is 1.56 bits per heavy atom. The Kier molecular flexibility index (Phi) is 4.19. The highest BCUT2D eigenvalue weighted by molar-refractivity contribution is 7.17. The van der Waals surface area contributed by atoms with E-state index in [1.807, 2.05) is 0 Å². The summed E-state index contributed by atoms with van der Waals surface area (Å²) in [5.41, 5.74) is 0.587. The molecule has 2 heterocycles. The van der Waals surface area contributed by atoms with Crippen LogP contribution in [0.1, 0.15) is 35.1 Å². The maximum atomic E-state index is 10.9. The van der Waals surface area contributed by atoms with Gasteiger partial charge in [0.2, 0.25) is 0 Å². The van der Waals surface area contributed by atoms with Gasteiger partial charge in [0.05, 0.1) is 5.69 Å². The zero-order valence-electron chi connectivity index (χ0n) is 10.8. The molecular formula is C12H19N3O2S. The predicted octanol–water partition coefficient (Wildman–Crippen LogP) is 2.05. The predicted molar refractivity (Wildman–Crippen MR) is 72.6 cm³/mol. The van der Waals surface area contributed by atoms with Gasteiger partial charge in [0.15, 0.2) is 5.13 Å². The van der Waals surface area contributed by atoms with Gasteiger partial charge in [-0.1, -0.05) is 11.3 Å². The zero-order chi connectivity index (χ0) is 13.1. The van der Waals surface area contributed by atoms with Crippen LogP contribution in [0.5, 0.6) is 0 Å². The van der Waals surface area contributed by atoms with Crippen LogP contribution in [0.3, 0.4) is 0 Å². The van der Waals surface area contributed by atoms with Crippen LogP contribution in [-0.2, 0) is 0 Å². The lowest BCUT2D eigenvalue weighted by Gasteiger charge is -2.23. The number of hydrogen-bond donors (Lipinski definition) is 2. The minimum Gasteiger partial charge on any atom is -0.477 e. The largest absolute Gasteiger partial charge is 0.477 e. The smallest absolute Gasteiger partial charge is 0.347 e. The zero-order valence-corrected chi connectivity index (χ0v) is 11.6. The number of thiazole rings is 1. The van der Waals surface area contributed by atoms with Crippen LogP contribution in [-0.4, -0.2) is 46.6 Å². The summed E-state index contributed by atoms with van der Waals surface area (Å²) in [7, 11) is 0. The van der Waals surface area contributed by atoms with Crippen molar-refractivity contribution in [3.05, 3.63) is 10.6 Å². The van der Waals surface area contributed by atoms with Gasteiger partial charge in [-0.05, 0) is 39.8 Å². The molecule has 0 aromatic carbocycles. The number of likely N-dealkylation sites (tertiary alicyclic amines) is 1. The van der Waals surface area contributed by atoms with Gasteiger partial charge in [-0.25, -0.2) is 9.78 Å². The molecule has 2 rings (SSSR count). The van der Waals surface area contributed by atoms with Gasteiger partial charge in [-0.15, -0.1) is 0 Å². The quantitative estimate of drug-likeness (QED) is 0.856. The maximum absolute atomic E-state index is 10.9. The second-order valence-corrected chi connectivity index (χ2v) is 5.71. The fourth-order valence-electron chi connectivity index (χ4n) is 2.22. The summed E-state index contributed by atoms with van der Waals surface area (Å²) in [6.07, 6.45) is 2.56. The molecule has 1 aromatic heterocycles. The third-order valence-electron chi connectivity index (χ3n) is 3.30. The van der Waals surface area contributed by atoms with Gasteiger partial charge >= 0.3 is 5.97 Å². The molecule has 0 amide bonds. The molecule has 1 aliphatic rings. The van der Waals surface area contributed by atoms with Gasteiger partial charge in [0, 0.05) is 12.6 Å². The normalized spacial score (nSPS) is 17.9. The monoisotopic (exact) mass is 269 g/mol. The fraction of sp³-hybridized carbons (Fsp3) is 0.667. The van der Waals surface area contributed by atoms with Crippen LogP contribution >= 0.6 is 11.3 Å². The van der Waals surface area contributed by atoms with Crippen molar-refractivity contribution >= 4 is 22.4 Å². The number of nitrogens with one attached hydrogen (secondary N) is 1. The Labute approximate surface area is 111 Å². The number of aromatic nitrogens is 1. The van der Waals surface area contributed by atoms with E-state index in [1.54, 1.807) is 6.92 Å². The Morgan fingerprint density at radius 2 is 2.22 bits per heavy atom. The highest BCUT2D eigenvalue weighted by Crippen LogP contribution is 2.22. The number of rotatable bonds is 5. The second-order valence-electron chi connectivity index (χ2n) is 4.71. The van der Waals surface area contributed by atoms with E-state index >= 15 is 0 Å². The number of anilines is 1. The van der Waals surface area contributed by atoms with Crippen LogP contribution in [0.4, 0.5) is 5.13 Å². The van der Waals surface area contributed by atoms with Crippen molar-refractivity contribution in [2.45, 2.75) is 32.7 Å². The van der Waals surface area contributed by atoms with E-state index in [4.69, 9.17) is 5.11 Å². The van der Waals surface area contributed by atoms with Crippen molar-refractivity contribution in [2.24, 2.45) is 0 Å². The number of aryl methyl sites for hydroxylation is 1. The summed E-state index contributed by atoms with van der Waals surface area (Å²) in [4.78, 5) is 17.9. The minimum absolute atomic E-state index is 0.325. The molecule has 1 unspecified atom stereocenters. The molecule has 1 aromatic rings. The van der Waals surface area contributed by atoms with Gasteiger partial charge in [0.25, 0.3) is 0 Å². The maximum Gasteiger partial charge on any atom is 0.347 e. The lowest BCUT2D eigenvalue weighted by Crippen LogP contribution is -2.35. The molecule has 1 atom stereocenters. The van der Waals surface area contributed by atoms with Gasteiger partial charge in [-0.2, -0.15) is 0 Å². The third kappa shape index (κ3) is 3.00. The van der Waals surface area contributed by atoms with Crippen LogP contribution in [0.2, 0.25) is 0 Å². The summed E-state index contributed by atoms with van der Waals surface area (Å²) >= 11 is 1.21. The molecule has 0 saturated carbocycles. The molecule has 0 bridgehead atoms. The number of aromatic carboxylic acids is 1. The van der Waals surface area contributed by atoms with Crippen LogP contribution in [0.15, 0.2) is 0 Å². The van der Waals surface area contributed by atoms with Crippen LogP contribution in [0.25, 0.3) is 0 Å². The van der Waals surface area contributed by atoms with E-state index in [9.17, 15) is 4.79 Å². The van der Waals surface area contributed by atoms with Crippen molar-refractivity contribution < 1.29 is 9.90 Å². The van der Waals surface area contributed by atoms with Gasteiger partial charge in [-0.3, -0.25) is 4.90 Å². The fourth-order valence-corrected chi connectivity index (χ4v) is 3.03. The van der Waals surface area contributed by atoms with Crippen molar-refractivity contribution in [3.63, 3.8) is 0 Å². The molecule has 5 nitrogen and oxygen atoms in total. The molecule has 1 fully saturated rings. The summed E-state index contributed by atoms with van der Waals surface area (Å²) in [5.74, 6) is -0.898. The van der Waals surface area contributed by atoms with E-state index < -0.39 is 5.97 Å². The molecule has 18 heavy (non-hydrogen) atoms. The Bertz CT molecular complexity index is 427. The number of carbonyl (C=O) groups is 1. The summed E-state index contributed by atoms with van der Waals surface area (Å²) in [6.45, 7) is 7.07. The summed E-state index contributed by atoms with van der Waals surface area (Å²) < 4.78 is 0. The van der Waals surface area contributed by atoms with Crippen LogP contribution < -0.4 is 5.32 Å². The molecule has 0 radical (unpaired) electrons. The molecule has 0 aliphatic carbocycles. The van der Waals surface area contributed by atoms with Crippen molar-refractivity contribution in [2.75, 3.05) is 25.0 Å². The molecule has 1 aliphatic heterocycles. The Hall–Kier alpha value is -1.14. The van der Waals surface area contributed by atoms with Gasteiger partial charge in [0.1, 0.15) is 4.88 Å². The van der Waals surface area contributed by atoms with Crippen molar-refractivity contribution in [3.8, 4) is 0 Å².